The van der Waals surface area contributed by atoms with Gasteiger partial charge in [0, 0.05) is 12.0 Å². The highest BCUT2D eigenvalue weighted by atomic mass is 16.5. The Morgan fingerprint density at radius 1 is 0.882 bits per heavy atom. The van der Waals surface area contributed by atoms with Gasteiger partial charge in [0.15, 0.2) is 0 Å². The fourth-order valence-corrected chi connectivity index (χ4v) is 3.41. The first kappa shape index (κ1) is 23.1. The van der Waals surface area contributed by atoms with E-state index in [1.165, 1.54) is 5.56 Å². The van der Waals surface area contributed by atoms with E-state index in [-0.39, 0.29) is 6.61 Å². The summed E-state index contributed by atoms with van der Waals surface area (Å²) in [4.78, 5) is 15.5. The molecular weight excluding hydrogens is 430 g/mol. The molecule has 0 bridgehead atoms. The van der Waals surface area contributed by atoms with Crippen molar-refractivity contribution in [3.8, 4) is 34.1 Å². The minimum Gasteiger partial charge on any atom is -0.493 e. The Hall–Kier alpha value is -4.06. The molecule has 174 valence electrons. The molecule has 34 heavy (non-hydrogen) atoms. The third-order valence-electron chi connectivity index (χ3n) is 5.48. The van der Waals surface area contributed by atoms with E-state index in [0.717, 1.165) is 22.6 Å². The third kappa shape index (κ3) is 5.84. The summed E-state index contributed by atoms with van der Waals surface area (Å²) >= 11 is 0. The van der Waals surface area contributed by atoms with Crippen molar-refractivity contribution >= 4 is 5.97 Å². The van der Waals surface area contributed by atoms with Crippen molar-refractivity contribution in [3.63, 3.8) is 0 Å². The molecule has 1 N–H and O–H groups in total. The smallest absolute Gasteiger partial charge is 0.309 e. The number of nitrogens with zero attached hydrogens (tertiary/aromatic N) is 1. The molecule has 4 rings (SSSR count). The van der Waals surface area contributed by atoms with Crippen molar-refractivity contribution in [2.75, 3.05) is 13.2 Å². The molecule has 3 aromatic carbocycles. The Kier molecular flexibility index (Phi) is 7.28. The Morgan fingerprint density at radius 3 is 2.12 bits per heavy atom. The number of hydrogen-bond acceptors (Lipinski definition) is 5. The molecule has 4 aromatic rings. The van der Waals surface area contributed by atoms with Gasteiger partial charge in [0.05, 0.1) is 18.2 Å². The van der Waals surface area contributed by atoms with Crippen molar-refractivity contribution in [2.24, 2.45) is 5.92 Å². The van der Waals surface area contributed by atoms with Crippen molar-refractivity contribution < 1.29 is 23.8 Å². The maximum absolute atomic E-state index is 10.9. The first-order valence-electron chi connectivity index (χ1n) is 11.2. The number of ether oxygens (including phenoxy) is 2. The van der Waals surface area contributed by atoms with Crippen LogP contribution in [-0.4, -0.2) is 29.3 Å². The molecule has 0 spiro atoms. The lowest BCUT2D eigenvalue weighted by Gasteiger charge is -2.10. The SMILES string of the molecule is Cc1oc(-c2ccc(-c3ccccc3)cc2)nc1CCOc1ccc(OCC(C)C(=O)O)cc1. The minimum absolute atomic E-state index is 0.123. The van der Waals surface area contributed by atoms with Crippen LogP contribution in [0.5, 0.6) is 11.5 Å². The molecule has 1 unspecified atom stereocenters. The zero-order valence-corrected chi connectivity index (χ0v) is 19.2. The second-order valence-corrected chi connectivity index (χ2v) is 8.09. The number of aryl methyl sites for hydroxylation is 1. The van der Waals surface area contributed by atoms with Crippen LogP contribution in [0.3, 0.4) is 0 Å². The van der Waals surface area contributed by atoms with E-state index in [9.17, 15) is 4.79 Å². The van der Waals surface area contributed by atoms with E-state index in [1.54, 1.807) is 31.2 Å². The molecule has 6 heteroatoms. The number of aromatic nitrogens is 1. The molecule has 1 heterocycles. The molecule has 0 radical (unpaired) electrons. The normalized spacial score (nSPS) is 11.7. The van der Waals surface area contributed by atoms with Crippen LogP contribution < -0.4 is 9.47 Å². The highest BCUT2D eigenvalue weighted by Gasteiger charge is 2.13. The van der Waals surface area contributed by atoms with Gasteiger partial charge in [-0.25, -0.2) is 4.98 Å². The lowest BCUT2D eigenvalue weighted by molar-refractivity contribution is -0.142. The van der Waals surface area contributed by atoms with E-state index in [4.69, 9.17) is 19.0 Å². The standard InChI is InChI=1S/C28H27NO5/c1-19(28(30)31)18-33-25-14-12-24(13-15-25)32-17-16-26-20(2)34-27(29-26)23-10-8-22(9-11-23)21-6-4-3-5-7-21/h3-15,19H,16-18H2,1-2H3,(H,30,31). The quantitative estimate of drug-likeness (QED) is 0.313. The summed E-state index contributed by atoms with van der Waals surface area (Å²) in [5.74, 6) is 1.25. The van der Waals surface area contributed by atoms with E-state index < -0.39 is 11.9 Å². The summed E-state index contributed by atoms with van der Waals surface area (Å²) in [5.41, 5.74) is 4.12. The lowest BCUT2D eigenvalue weighted by atomic mass is 10.0. The minimum atomic E-state index is -0.879. The van der Waals surface area contributed by atoms with E-state index >= 15 is 0 Å². The highest BCUT2D eigenvalue weighted by molar-refractivity contribution is 5.69. The highest BCUT2D eigenvalue weighted by Crippen LogP contribution is 2.26. The number of carbonyl (C=O) groups is 1. The Labute approximate surface area is 198 Å². The van der Waals surface area contributed by atoms with Gasteiger partial charge < -0.3 is 19.0 Å². The fourth-order valence-electron chi connectivity index (χ4n) is 3.41. The summed E-state index contributed by atoms with van der Waals surface area (Å²) in [6.45, 7) is 4.10. The van der Waals surface area contributed by atoms with Crippen molar-refractivity contribution in [1.82, 2.24) is 4.98 Å². The summed E-state index contributed by atoms with van der Waals surface area (Å²) in [7, 11) is 0. The van der Waals surface area contributed by atoms with Crippen molar-refractivity contribution in [1.29, 1.82) is 0 Å². The molecule has 6 nitrogen and oxygen atoms in total. The number of carboxylic acid groups (broad SMARTS) is 1. The average molecular weight is 458 g/mol. The maximum atomic E-state index is 10.9. The van der Waals surface area contributed by atoms with Crippen molar-refractivity contribution in [3.05, 3.63) is 90.3 Å². The van der Waals surface area contributed by atoms with Crippen LogP contribution in [0.2, 0.25) is 0 Å². The summed E-state index contributed by atoms with van der Waals surface area (Å²) in [6.07, 6.45) is 0.617. The third-order valence-corrected chi connectivity index (χ3v) is 5.48. The zero-order valence-electron chi connectivity index (χ0n) is 19.2. The predicted molar refractivity (Wildman–Crippen MR) is 130 cm³/mol. The molecule has 0 amide bonds. The summed E-state index contributed by atoms with van der Waals surface area (Å²) in [6, 6.07) is 25.6. The van der Waals surface area contributed by atoms with Gasteiger partial charge in [-0.15, -0.1) is 0 Å². The monoisotopic (exact) mass is 457 g/mol. The Morgan fingerprint density at radius 2 is 1.47 bits per heavy atom. The van der Waals surface area contributed by atoms with Crippen LogP contribution in [0.1, 0.15) is 18.4 Å². The fraction of sp³-hybridized carbons (Fsp3) is 0.214. The van der Waals surface area contributed by atoms with E-state index in [1.807, 2.05) is 37.3 Å². The van der Waals surface area contributed by atoms with Gasteiger partial charge in [-0.3, -0.25) is 4.79 Å². The first-order valence-corrected chi connectivity index (χ1v) is 11.2. The Balaban J connectivity index is 1.31. The first-order chi connectivity index (χ1) is 16.5. The topological polar surface area (TPSA) is 81.8 Å². The largest absolute Gasteiger partial charge is 0.493 e. The number of aliphatic carboxylic acids is 1. The second-order valence-electron chi connectivity index (χ2n) is 8.09. The Bertz CT molecular complexity index is 1210. The number of hydrogen-bond donors (Lipinski definition) is 1. The predicted octanol–water partition coefficient (Wildman–Crippen LogP) is 6.04. The van der Waals surface area contributed by atoms with Crippen LogP contribution in [-0.2, 0) is 11.2 Å². The van der Waals surface area contributed by atoms with E-state index in [0.29, 0.717) is 30.4 Å². The van der Waals surface area contributed by atoms with Gasteiger partial charge in [-0.2, -0.15) is 0 Å². The molecule has 0 aliphatic carbocycles. The molecule has 0 saturated heterocycles. The maximum Gasteiger partial charge on any atom is 0.309 e. The number of carboxylic acids is 1. The van der Waals surface area contributed by atoms with Gasteiger partial charge in [0.2, 0.25) is 5.89 Å². The van der Waals surface area contributed by atoms with E-state index in [2.05, 4.69) is 29.2 Å². The van der Waals surface area contributed by atoms with Crippen LogP contribution in [0, 0.1) is 12.8 Å². The molecule has 0 aliphatic heterocycles. The van der Waals surface area contributed by atoms with Crippen LogP contribution in [0.25, 0.3) is 22.6 Å². The van der Waals surface area contributed by atoms with Gasteiger partial charge in [0.25, 0.3) is 0 Å². The summed E-state index contributed by atoms with van der Waals surface area (Å²) < 4.78 is 17.2. The average Bonchev–Trinajstić information content (AvgIpc) is 3.24. The summed E-state index contributed by atoms with van der Waals surface area (Å²) in [5, 5.41) is 8.92. The van der Waals surface area contributed by atoms with Gasteiger partial charge in [-0.1, -0.05) is 42.5 Å². The molecule has 1 atom stereocenters. The zero-order chi connectivity index (χ0) is 23.9. The number of rotatable bonds is 10. The van der Waals surface area contributed by atoms with Crippen LogP contribution in [0.15, 0.2) is 83.3 Å². The molecule has 0 saturated carbocycles. The van der Waals surface area contributed by atoms with Crippen molar-refractivity contribution in [2.45, 2.75) is 20.3 Å². The molecule has 0 aliphatic rings. The van der Waals surface area contributed by atoms with Gasteiger partial charge in [-0.05, 0) is 61.4 Å². The number of oxazole rings is 1. The second kappa shape index (κ2) is 10.7. The lowest BCUT2D eigenvalue weighted by Crippen LogP contribution is -2.17. The van der Waals surface area contributed by atoms with Gasteiger partial charge in [0.1, 0.15) is 23.9 Å². The molecule has 0 fully saturated rings. The van der Waals surface area contributed by atoms with Crippen LogP contribution in [0.4, 0.5) is 0 Å². The molecular formula is C28H27NO5. The van der Waals surface area contributed by atoms with Crippen LogP contribution >= 0.6 is 0 Å². The molecule has 1 aromatic heterocycles. The van der Waals surface area contributed by atoms with Gasteiger partial charge >= 0.3 is 5.97 Å². The number of benzene rings is 3.